The summed E-state index contributed by atoms with van der Waals surface area (Å²) in [5, 5.41) is 18.3. The van der Waals surface area contributed by atoms with Crippen molar-refractivity contribution in [2.45, 2.75) is 6.54 Å². The Hall–Kier alpha value is -2.54. The Kier molecular flexibility index (Phi) is 2.93. The van der Waals surface area contributed by atoms with Crippen LogP contribution < -0.4 is 0 Å². The molecule has 0 radical (unpaired) electrons. The minimum atomic E-state index is -0.959. The van der Waals surface area contributed by atoms with Gasteiger partial charge >= 0.3 is 5.97 Å². The maximum Gasteiger partial charge on any atom is 0.328 e. The van der Waals surface area contributed by atoms with Crippen molar-refractivity contribution in [3.63, 3.8) is 0 Å². The highest BCUT2D eigenvalue weighted by Crippen LogP contribution is 2.19. The first-order valence-electron chi connectivity index (χ1n) is 5.10. The number of hydrogen-bond donors (Lipinski definition) is 1. The van der Waals surface area contributed by atoms with E-state index in [9.17, 15) is 4.79 Å². The van der Waals surface area contributed by atoms with Crippen LogP contribution >= 0.6 is 0 Å². The van der Waals surface area contributed by atoms with Gasteiger partial charge in [-0.05, 0) is 18.2 Å². The van der Waals surface area contributed by atoms with Gasteiger partial charge in [-0.15, -0.1) is 0 Å². The zero-order valence-corrected chi connectivity index (χ0v) is 9.00. The monoisotopic (exact) mass is 226 g/mol. The van der Waals surface area contributed by atoms with Gasteiger partial charge in [0.2, 0.25) is 0 Å². The number of carboxylic acids is 1. The van der Waals surface area contributed by atoms with E-state index in [0.717, 1.165) is 17.0 Å². The molecule has 0 aliphatic carbocycles. The van der Waals surface area contributed by atoms with Gasteiger partial charge in [0.05, 0.1) is 11.6 Å². The molecule has 0 amide bonds. The quantitative estimate of drug-likeness (QED) is 0.815. The largest absolute Gasteiger partial charge is 0.478 e. The first-order chi connectivity index (χ1) is 8.22. The molecule has 4 heteroatoms. The minimum Gasteiger partial charge on any atom is -0.478 e. The highest BCUT2D eigenvalue weighted by molar-refractivity contribution is 5.86. The molecular formula is C13H10N2O2. The molecule has 1 heterocycles. The van der Waals surface area contributed by atoms with Crippen molar-refractivity contribution in [2.75, 3.05) is 0 Å². The summed E-state index contributed by atoms with van der Waals surface area (Å²) in [4.78, 5) is 10.4. The lowest BCUT2D eigenvalue weighted by molar-refractivity contribution is -0.131. The van der Waals surface area contributed by atoms with Crippen LogP contribution in [0.25, 0.3) is 10.9 Å². The number of carbonyl (C=O) groups is 1. The molecule has 0 fully saturated rings. The molecule has 0 spiro atoms. The average molecular weight is 226 g/mol. The van der Waals surface area contributed by atoms with Crippen molar-refractivity contribution in [1.82, 2.24) is 4.57 Å². The highest BCUT2D eigenvalue weighted by atomic mass is 16.4. The van der Waals surface area contributed by atoms with Crippen molar-refractivity contribution in [3.05, 3.63) is 48.2 Å². The second-order valence-corrected chi connectivity index (χ2v) is 3.56. The molecule has 0 saturated heterocycles. The molecule has 2 rings (SSSR count). The van der Waals surface area contributed by atoms with E-state index in [1.807, 2.05) is 29.0 Å². The average Bonchev–Trinajstić information content (AvgIpc) is 2.72. The first-order valence-corrected chi connectivity index (χ1v) is 5.10. The molecule has 17 heavy (non-hydrogen) atoms. The van der Waals surface area contributed by atoms with Gasteiger partial charge in [0.1, 0.15) is 0 Å². The van der Waals surface area contributed by atoms with Crippen LogP contribution in [0.5, 0.6) is 0 Å². The Morgan fingerprint density at radius 3 is 3.00 bits per heavy atom. The summed E-state index contributed by atoms with van der Waals surface area (Å²) in [5.74, 6) is -0.959. The Balaban J connectivity index is 2.38. The van der Waals surface area contributed by atoms with E-state index in [1.165, 1.54) is 0 Å². The van der Waals surface area contributed by atoms with Crippen LogP contribution in [0.4, 0.5) is 0 Å². The number of allylic oxidation sites excluding steroid dienone is 1. The van der Waals surface area contributed by atoms with Gasteiger partial charge < -0.3 is 9.67 Å². The number of aromatic nitrogens is 1. The number of carboxylic acid groups (broad SMARTS) is 1. The van der Waals surface area contributed by atoms with Crippen molar-refractivity contribution in [1.29, 1.82) is 5.26 Å². The molecule has 0 aliphatic rings. The summed E-state index contributed by atoms with van der Waals surface area (Å²) < 4.78 is 1.90. The maximum absolute atomic E-state index is 10.4. The van der Waals surface area contributed by atoms with Crippen molar-refractivity contribution in [3.8, 4) is 6.07 Å². The van der Waals surface area contributed by atoms with E-state index < -0.39 is 5.97 Å². The van der Waals surface area contributed by atoms with Gasteiger partial charge in [0.25, 0.3) is 0 Å². The molecule has 0 bridgehead atoms. The zero-order chi connectivity index (χ0) is 12.3. The Bertz CT molecular complexity index is 632. The third-order valence-corrected chi connectivity index (χ3v) is 2.50. The van der Waals surface area contributed by atoms with Crippen LogP contribution in [0.15, 0.2) is 42.6 Å². The van der Waals surface area contributed by atoms with E-state index in [4.69, 9.17) is 10.4 Å². The minimum absolute atomic E-state index is 0.477. The van der Waals surface area contributed by atoms with Crippen LogP contribution in [-0.2, 0) is 11.3 Å². The molecule has 2 aromatic rings. The molecular weight excluding hydrogens is 216 g/mol. The van der Waals surface area contributed by atoms with E-state index in [0.29, 0.717) is 12.1 Å². The second-order valence-electron chi connectivity index (χ2n) is 3.56. The van der Waals surface area contributed by atoms with Crippen LogP contribution in [0.2, 0.25) is 0 Å². The third-order valence-electron chi connectivity index (χ3n) is 2.50. The highest BCUT2D eigenvalue weighted by Gasteiger charge is 2.03. The fraction of sp³-hybridized carbons (Fsp3) is 0.0769. The number of rotatable bonds is 3. The normalized spacial score (nSPS) is 10.8. The second kappa shape index (κ2) is 4.54. The van der Waals surface area contributed by atoms with Crippen LogP contribution in [-0.4, -0.2) is 15.6 Å². The number of benzene rings is 1. The van der Waals surface area contributed by atoms with Gasteiger partial charge in [0, 0.05) is 29.7 Å². The van der Waals surface area contributed by atoms with Crippen LogP contribution in [0.1, 0.15) is 5.56 Å². The van der Waals surface area contributed by atoms with Gasteiger partial charge in [-0.25, -0.2) is 4.79 Å². The summed E-state index contributed by atoms with van der Waals surface area (Å²) in [5.41, 5.74) is 1.56. The summed E-state index contributed by atoms with van der Waals surface area (Å²) in [6, 6.07) is 9.48. The van der Waals surface area contributed by atoms with Gasteiger partial charge in [-0.1, -0.05) is 12.1 Å². The zero-order valence-electron chi connectivity index (χ0n) is 9.00. The fourth-order valence-electron chi connectivity index (χ4n) is 1.75. The van der Waals surface area contributed by atoms with Crippen LogP contribution in [0.3, 0.4) is 0 Å². The Morgan fingerprint density at radius 2 is 2.29 bits per heavy atom. The predicted octanol–water partition coefficient (Wildman–Crippen LogP) is 2.15. The van der Waals surface area contributed by atoms with Gasteiger partial charge in [-0.3, -0.25) is 0 Å². The number of nitrogens with zero attached hydrogens (tertiary/aromatic N) is 2. The number of aliphatic carboxylic acids is 1. The smallest absolute Gasteiger partial charge is 0.328 e. The fourth-order valence-corrected chi connectivity index (χ4v) is 1.75. The molecule has 4 nitrogen and oxygen atoms in total. The first kappa shape index (κ1) is 11.0. The molecule has 1 N–H and O–H groups in total. The van der Waals surface area contributed by atoms with Crippen molar-refractivity contribution >= 4 is 16.9 Å². The summed E-state index contributed by atoms with van der Waals surface area (Å²) >= 11 is 0. The predicted molar refractivity (Wildman–Crippen MR) is 63.4 cm³/mol. The number of nitriles is 1. The number of hydrogen-bond acceptors (Lipinski definition) is 2. The topological polar surface area (TPSA) is 66.0 Å². The van der Waals surface area contributed by atoms with E-state index >= 15 is 0 Å². The lowest BCUT2D eigenvalue weighted by Crippen LogP contribution is -1.94. The molecule has 1 aromatic heterocycles. The maximum atomic E-state index is 10.4. The molecule has 0 aliphatic heterocycles. The van der Waals surface area contributed by atoms with Crippen molar-refractivity contribution < 1.29 is 9.90 Å². The summed E-state index contributed by atoms with van der Waals surface area (Å²) in [6.45, 7) is 0.477. The SMILES string of the molecule is N#Cc1cccc2c1ccn2C/C=C/C(=O)O. The molecule has 0 saturated carbocycles. The van der Waals surface area contributed by atoms with Gasteiger partial charge in [-0.2, -0.15) is 5.26 Å². The molecule has 0 atom stereocenters. The number of fused-ring (bicyclic) bond motifs is 1. The lowest BCUT2D eigenvalue weighted by atomic mass is 10.1. The molecule has 84 valence electrons. The Morgan fingerprint density at radius 1 is 1.47 bits per heavy atom. The van der Waals surface area contributed by atoms with E-state index in [2.05, 4.69) is 6.07 Å². The molecule has 0 unspecified atom stereocenters. The summed E-state index contributed by atoms with van der Waals surface area (Å²) in [7, 11) is 0. The third kappa shape index (κ3) is 2.18. The van der Waals surface area contributed by atoms with Crippen LogP contribution in [0, 0.1) is 11.3 Å². The molecule has 1 aromatic carbocycles. The standard InChI is InChI=1S/C13H10N2O2/c14-9-10-3-1-4-12-11(10)6-8-15(12)7-2-5-13(16)17/h1-6,8H,7H2,(H,16,17)/b5-2+. The Labute approximate surface area is 98.0 Å². The lowest BCUT2D eigenvalue weighted by Gasteiger charge is -2.01. The van der Waals surface area contributed by atoms with E-state index in [1.54, 1.807) is 12.1 Å². The van der Waals surface area contributed by atoms with Gasteiger partial charge in [0.15, 0.2) is 0 Å². The van der Waals surface area contributed by atoms with Crippen molar-refractivity contribution in [2.24, 2.45) is 0 Å². The van der Waals surface area contributed by atoms with E-state index in [-0.39, 0.29) is 0 Å². The summed E-state index contributed by atoms with van der Waals surface area (Å²) in [6.07, 6.45) is 4.53.